The van der Waals surface area contributed by atoms with Gasteiger partial charge in [0.15, 0.2) is 0 Å². The van der Waals surface area contributed by atoms with E-state index in [1.165, 1.54) is 11.1 Å². The van der Waals surface area contributed by atoms with E-state index in [1.54, 1.807) is 11.8 Å². The van der Waals surface area contributed by atoms with E-state index in [0.717, 1.165) is 75.2 Å². The molecule has 0 saturated carbocycles. The van der Waals surface area contributed by atoms with Gasteiger partial charge in [0, 0.05) is 70.5 Å². The number of piperidine rings is 1. The number of nitrogens with one attached hydrogen (secondary N) is 1. The normalized spacial score (nSPS) is 19.6. The number of hydrogen-bond donors (Lipinski definition) is 2. The maximum Gasteiger partial charge on any atom is 0.254 e. The summed E-state index contributed by atoms with van der Waals surface area (Å²) in [6.07, 6.45) is 3.30. The van der Waals surface area contributed by atoms with Gasteiger partial charge in [0.1, 0.15) is 0 Å². The molecule has 3 aliphatic heterocycles. The highest BCUT2D eigenvalue weighted by Gasteiger charge is 2.28. The number of aliphatic hydroxyl groups is 1. The Morgan fingerprint density at radius 2 is 1.75 bits per heavy atom. The molecule has 0 aromatic heterocycles. The molecule has 0 unspecified atom stereocenters. The lowest BCUT2D eigenvalue weighted by Crippen LogP contribution is -2.46. The van der Waals surface area contributed by atoms with Crippen LogP contribution in [-0.4, -0.2) is 83.5 Å². The van der Waals surface area contributed by atoms with Crippen LogP contribution < -0.4 is 5.32 Å². The van der Waals surface area contributed by atoms with Crippen molar-refractivity contribution in [3.05, 3.63) is 64.7 Å². The Labute approximate surface area is 214 Å². The number of nitrogens with zero attached hydrogens (tertiary/aromatic N) is 3. The fraction of sp³-hybridized carbons (Fsp3) is 0.517. The van der Waals surface area contributed by atoms with Gasteiger partial charge in [-0.05, 0) is 66.5 Å². The van der Waals surface area contributed by atoms with Crippen molar-refractivity contribution in [3.63, 3.8) is 0 Å². The molecule has 0 spiro atoms. The van der Waals surface area contributed by atoms with Crippen LogP contribution in [0.1, 0.15) is 46.8 Å². The summed E-state index contributed by atoms with van der Waals surface area (Å²) in [6, 6.07) is 14.5. The first-order valence-electron chi connectivity index (χ1n) is 13.3. The van der Waals surface area contributed by atoms with Crippen molar-refractivity contribution < 1.29 is 14.7 Å². The number of β-amino-alcohol motifs (C(OH)–C–C–N with tert-alkyl or cyclic N) is 1. The SMILES string of the molecule is CC(=O)N1CCC(CNc2ccc3c(c2)CCN(C[C@H](O)CN2CCc4ccccc4C2)C3=O)CC1. The van der Waals surface area contributed by atoms with Gasteiger partial charge in [0.05, 0.1) is 6.10 Å². The first kappa shape index (κ1) is 24.8. The summed E-state index contributed by atoms with van der Waals surface area (Å²) >= 11 is 0. The molecular weight excluding hydrogens is 452 g/mol. The van der Waals surface area contributed by atoms with E-state index < -0.39 is 6.10 Å². The molecule has 2 amide bonds. The van der Waals surface area contributed by atoms with Gasteiger partial charge in [-0.2, -0.15) is 0 Å². The molecule has 0 bridgehead atoms. The predicted molar refractivity (Wildman–Crippen MR) is 141 cm³/mol. The molecule has 192 valence electrons. The van der Waals surface area contributed by atoms with Crippen molar-refractivity contribution in [3.8, 4) is 0 Å². The Kier molecular flexibility index (Phi) is 7.58. The van der Waals surface area contributed by atoms with Crippen molar-refractivity contribution in [1.29, 1.82) is 0 Å². The van der Waals surface area contributed by atoms with E-state index in [0.29, 0.717) is 25.6 Å². The number of hydrogen-bond acceptors (Lipinski definition) is 5. The third-order valence-corrected chi connectivity index (χ3v) is 8.04. The molecule has 3 heterocycles. The van der Waals surface area contributed by atoms with Gasteiger partial charge in [0.2, 0.25) is 5.91 Å². The van der Waals surface area contributed by atoms with Crippen molar-refractivity contribution in [2.75, 3.05) is 51.1 Å². The topological polar surface area (TPSA) is 76.1 Å². The summed E-state index contributed by atoms with van der Waals surface area (Å²) < 4.78 is 0. The molecule has 7 nitrogen and oxygen atoms in total. The van der Waals surface area contributed by atoms with Crippen LogP contribution in [0.15, 0.2) is 42.5 Å². The van der Waals surface area contributed by atoms with Gasteiger partial charge >= 0.3 is 0 Å². The van der Waals surface area contributed by atoms with E-state index in [2.05, 4.69) is 40.5 Å². The highest BCUT2D eigenvalue weighted by molar-refractivity contribution is 5.97. The molecule has 5 rings (SSSR count). The van der Waals surface area contributed by atoms with Crippen LogP contribution in [0, 0.1) is 5.92 Å². The lowest BCUT2D eigenvalue weighted by atomic mass is 9.95. The molecule has 36 heavy (non-hydrogen) atoms. The molecule has 0 radical (unpaired) electrons. The van der Waals surface area contributed by atoms with E-state index in [4.69, 9.17) is 0 Å². The Bertz CT molecular complexity index is 1100. The molecule has 2 aromatic carbocycles. The van der Waals surface area contributed by atoms with Crippen LogP contribution in [-0.2, 0) is 24.2 Å². The minimum absolute atomic E-state index is 0.0162. The van der Waals surface area contributed by atoms with Crippen LogP contribution in [0.25, 0.3) is 0 Å². The molecule has 2 aromatic rings. The fourth-order valence-electron chi connectivity index (χ4n) is 5.85. The quantitative estimate of drug-likeness (QED) is 0.624. The second kappa shape index (κ2) is 11.0. The molecule has 7 heteroatoms. The number of anilines is 1. The van der Waals surface area contributed by atoms with Gasteiger partial charge in [-0.25, -0.2) is 0 Å². The second-order valence-corrected chi connectivity index (χ2v) is 10.6. The summed E-state index contributed by atoms with van der Waals surface area (Å²) in [5, 5.41) is 14.3. The average molecular weight is 491 g/mol. The average Bonchev–Trinajstić information content (AvgIpc) is 2.89. The molecule has 1 fully saturated rings. The van der Waals surface area contributed by atoms with Crippen molar-refractivity contribution >= 4 is 17.5 Å². The minimum Gasteiger partial charge on any atom is -0.390 e. The van der Waals surface area contributed by atoms with E-state index >= 15 is 0 Å². The number of carbonyl (C=O) groups excluding carboxylic acids is 2. The lowest BCUT2D eigenvalue weighted by molar-refractivity contribution is -0.130. The van der Waals surface area contributed by atoms with Gasteiger partial charge in [-0.15, -0.1) is 0 Å². The smallest absolute Gasteiger partial charge is 0.254 e. The number of fused-ring (bicyclic) bond motifs is 2. The number of likely N-dealkylation sites (tertiary alicyclic amines) is 1. The number of benzene rings is 2. The Morgan fingerprint density at radius 1 is 1.00 bits per heavy atom. The molecular formula is C29H38N4O3. The highest BCUT2D eigenvalue weighted by Crippen LogP contribution is 2.25. The zero-order valence-corrected chi connectivity index (χ0v) is 21.3. The first-order chi connectivity index (χ1) is 17.5. The van der Waals surface area contributed by atoms with E-state index in [-0.39, 0.29) is 11.8 Å². The van der Waals surface area contributed by atoms with Crippen molar-refractivity contribution in [2.45, 2.75) is 45.3 Å². The standard InChI is InChI=1S/C29H38N4O3/c1-21(34)32-13-8-22(9-14-32)17-30-26-6-7-28-24(16-26)11-15-33(29(28)36)20-27(35)19-31-12-10-23-4-2-3-5-25(23)18-31/h2-7,16,22,27,30,35H,8-15,17-20H2,1H3/t27-/m1/s1. The molecule has 1 atom stereocenters. The number of rotatable bonds is 7. The van der Waals surface area contributed by atoms with Crippen molar-refractivity contribution in [1.82, 2.24) is 14.7 Å². The van der Waals surface area contributed by atoms with Crippen LogP contribution in [0.4, 0.5) is 5.69 Å². The number of aliphatic hydroxyl groups excluding tert-OH is 1. The summed E-state index contributed by atoms with van der Waals surface area (Å²) in [7, 11) is 0. The summed E-state index contributed by atoms with van der Waals surface area (Å²) in [4.78, 5) is 30.7. The van der Waals surface area contributed by atoms with Crippen LogP contribution >= 0.6 is 0 Å². The Balaban J connectivity index is 1.11. The zero-order chi connectivity index (χ0) is 25.1. The second-order valence-electron chi connectivity index (χ2n) is 10.6. The highest BCUT2D eigenvalue weighted by atomic mass is 16.3. The molecule has 2 N–H and O–H groups in total. The summed E-state index contributed by atoms with van der Waals surface area (Å²) in [5.74, 6) is 0.741. The maximum atomic E-state index is 13.2. The summed E-state index contributed by atoms with van der Waals surface area (Å²) in [6.45, 7) is 7.60. The van der Waals surface area contributed by atoms with Crippen LogP contribution in [0.2, 0.25) is 0 Å². The number of carbonyl (C=O) groups is 2. The van der Waals surface area contributed by atoms with E-state index in [1.807, 2.05) is 17.0 Å². The van der Waals surface area contributed by atoms with Gasteiger partial charge in [-0.1, -0.05) is 24.3 Å². The number of amides is 2. The van der Waals surface area contributed by atoms with Gasteiger partial charge in [0.25, 0.3) is 5.91 Å². The lowest BCUT2D eigenvalue weighted by Gasteiger charge is -2.34. The third kappa shape index (κ3) is 5.73. The van der Waals surface area contributed by atoms with Crippen LogP contribution in [0.5, 0.6) is 0 Å². The van der Waals surface area contributed by atoms with Gasteiger partial charge < -0.3 is 20.2 Å². The maximum absolute atomic E-state index is 13.2. The monoisotopic (exact) mass is 490 g/mol. The first-order valence-corrected chi connectivity index (χ1v) is 13.3. The Hall–Kier alpha value is -2.90. The predicted octanol–water partition coefficient (Wildman–Crippen LogP) is 2.77. The van der Waals surface area contributed by atoms with E-state index in [9.17, 15) is 14.7 Å². The third-order valence-electron chi connectivity index (χ3n) is 8.04. The zero-order valence-electron chi connectivity index (χ0n) is 21.3. The summed E-state index contributed by atoms with van der Waals surface area (Å²) in [5.41, 5.74) is 5.62. The fourth-order valence-corrected chi connectivity index (χ4v) is 5.85. The molecule has 3 aliphatic rings. The Morgan fingerprint density at radius 3 is 2.53 bits per heavy atom. The van der Waals surface area contributed by atoms with Crippen molar-refractivity contribution in [2.24, 2.45) is 5.92 Å². The largest absolute Gasteiger partial charge is 0.390 e. The minimum atomic E-state index is -0.559. The molecule has 0 aliphatic carbocycles. The van der Waals surface area contributed by atoms with Crippen LogP contribution in [0.3, 0.4) is 0 Å². The molecule has 1 saturated heterocycles. The van der Waals surface area contributed by atoms with Gasteiger partial charge in [-0.3, -0.25) is 14.5 Å².